The number of rotatable bonds is 1. The normalized spacial score (nSPS) is 9.43. The van der Waals surface area contributed by atoms with Crippen LogP contribution in [0, 0.1) is 0 Å². The van der Waals surface area contributed by atoms with Crippen molar-refractivity contribution < 1.29 is 9.90 Å². The van der Waals surface area contributed by atoms with Crippen molar-refractivity contribution in [2.45, 2.75) is 0 Å². The summed E-state index contributed by atoms with van der Waals surface area (Å²) < 4.78 is 0. The van der Waals surface area contributed by atoms with E-state index in [9.17, 15) is 4.79 Å². The molecule has 1 N–H and O–H groups in total. The summed E-state index contributed by atoms with van der Waals surface area (Å²) in [5.74, 6) is -0.995. The molecule has 1 heterocycles. The number of para-hydroxylation sites is 1. The zero-order valence-electron chi connectivity index (χ0n) is 7.18. The molecule has 1 aromatic heterocycles. The molecule has 3 nitrogen and oxygen atoms in total. The van der Waals surface area contributed by atoms with E-state index < -0.39 is 5.97 Å². The average Bonchev–Trinajstić information content (AvgIpc) is 2.17. The molecule has 0 atom stereocenters. The number of carboxylic acid groups (broad SMARTS) is 1. The fraction of sp³-hybridized carbons (Fsp3) is 0. The van der Waals surface area contributed by atoms with Gasteiger partial charge in [0, 0.05) is 5.39 Å². The summed E-state index contributed by atoms with van der Waals surface area (Å²) in [5, 5.41) is 9.63. The van der Waals surface area contributed by atoms with E-state index in [2.05, 4.69) is 4.98 Å². The van der Waals surface area contributed by atoms with Crippen LogP contribution in [0.15, 0.2) is 36.4 Å². The molecule has 0 aliphatic heterocycles. The fourth-order valence-electron chi connectivity index (χ4n) is 1.19. The predicted octanol–water partition coefficient (Wildman–Crippen LogP) is 2.51. The lowest BCUT2D eigenvalue weighted by atomic mass is 10.2. The van der Waals surface area contributed by atoms with Gasteiger partial charge in [0.1, 0.15) is 5.69 Å². The second-order valence-corrected chi connectivity index (χ2v) is 2.69. The molecule has 0 saturated heterocycles. The van der Waals surface area contributed by atoms with Crippen molar-refractivity contribution in [3.8, 4) is 0 Å². The minimum atomic E-state index is -0.995. The van der Waals surface area contributed by atoms with Gasteiger partial charge in [0.05, 0.1) is 5.52 Å². The maximum Gasteiger partial charge on any atom is 0.354 e. The zero-order valence-corrected chi connectivity index (χ0v) is 8.89. The lowest BCUT2D eigenvalue weighted by molar-refractivity contribution is 0.0691. The fourth-order valence-corrected chi connectivity index (χ4v) is 1.19. The van der Waals surface area contributed by atoms with Gasteiger partial charge in [-0.25, -0.2) is 9.78 Å². The first-order chi connectivity index (χ1) is 6.27. The van der Waals surface area contributed by atoms with Gasteiger partial charge >= 0.3 is 5.97 Å². The number of carboxylic acids is 1. The molecular weight excluding hydrogens is 246 g/mol. The van der Waals surface area contributed by atoms with Crippen LogP contribution in [0.25, 0.3) is 10.9 Å². The second-order valence-electron chi connectivity index (χ2n) is 2.69. The third-order valence-corrected chi connectivity index (χ3v) is 1.82. The van der Waals surface area contributed by atoms with Crippen LogP contribution in [-0.4, -0.2) is 16.1 Å². The van der Waals surface area contributed by atoms with Crippen molar-refractivity contribution in [2.24, 2.45) is 0 Å². The van der Waals surface area contributed by atoms with Crippen molar-refractivity contribution in [1.82, 2.24) is 4.98 Å². The topological polar surface area (TPSA) is 50.2 Å². The van der Waals surface area contributed by atoms with E-state index in [0.717, 1.165) is 5.39 Å². The number of nitrogens with zero attached hydrogens (tertiary/aromatic N) is 1. The standard InChI is InChI=1S/C10H7NO2.BrH/c12-10(13)9-6-5-7-3-1-2-4-8(7)11-9;/h1-6H,(H,12,13);1H. The zero-order chi connectivity index (χ0) is 9.26. The Labute approximate surface area is 91.2 Å². The molecule has 1 aromatic carbocycles. The van der Waals surface area contributed by atoms with Gasteiger partial charge in [0.2, 0.25) is 0 Å². The maximum atomic E-state index is 10.6. The highest BCUT2D eigenvalue weighted by Gasteiger charge is 2.03. The van der Waals surface area contributed by atoms with Gasteiger partial charge in [-0.3, -0.25) is 0 Å². The van der Waals surface area contributed by atoms with E-state index in [1.807, 2.05) is 18.2 Å². The number of pyridine rings is 1. The first-order valence-electron chi connectivity index (χ1n) is 3.86. The van der Waals surface area contributed by atoms with Crippen LogP contribution in [0.5, 0.6) is 0 Å². The minimum absolute atomic E-state index is 0. The van der Waals surface area contributed by atoms with Crippen LogP contribution >= 0.6 is 17.0 Å². The summed E-state index contributed by atoms with van der Waals surface area (Å²) in [6, 6.07) is 10.7. The lowest BCUT2D eigenvalue weighted by Gasteiger charge is -1.97. The number of benzene rings is 1. The molecule has 0 fully saturated rings. The van der Waals surface area contributed by atoms with E-state index >= 15 is 0 Å². The van der Waals surface area contributed by atoms with Crippen molar-refractivity contribution in [3.05, 3.63) is 42.1 Å². The number of aromatic nitrogens is 1. The van der Waals surface area contributed by atoms with E-state index in [1.165, 1.54) is 6.07 Å². The maximum absolute atomic E-state index is 10.6. The van der Waals surface area contributed by atoms with E-state index in [0.29, 0.717) is 5.52 Å². The van der Waals surface area contributed by atoms with Gasteiger partial charge in [0.25, 0.3) is 0 Å². The summed E-state index contributed by atoms with van der Waals surface area (Å²) in [4.78, 5) is 14.6. The van der Waals surface area contributed by atoms with Crippen molar-refractivity contribution >= 4 is 33.9 Å². The van der Waals surface area contributed by atoms with Crippen LogP contribution in [0.3, 0.4) is 0 Å². The summed E-state index contributed by atoms with van der Waals surface area (Å²) in [6.07, 6.45) is 0. The van der Waals surface area contributed by atoms with E-state index in [-0.39, 0.29) is 22.7 Å². The summed E-state index contributed by atoms with van der Waals surface area (Å²) >= 11 is 0. The van der Waals surface area contributed by atoms with Crippen molar-refractivity contribution in [3.63, 3.8) is 0 Å². The predicted molar refractivity (Wildman–Crippen MR) is 59.0 cm³/mol. The number of hydrogen-bond acceptors (Lipinski definition) is 2. The monoisotopic (exact) mass is 253 g/mol. The van der Waals surface area contributed by atoms with Crippen LogP contribution in [-0.2, 0) is 0 Å². The molecule has 0 saturated carbocycles. The number of fused-ring (bicyclic) bond motifs is 1. The Morgan fingerprint density at radius 2 is 1.86 bits per heavy atom. The number of halogens is 1. The number of aromatic carboxylic acids is 1. The smallest absolute Gasteiger partial charge is 0.354 e. The molecule has 0 aliphatic carbocycles. The molecule has 72 valence electrons. The molecule has 0 unspecified atom stereocenters. The Kier molecular flexibility index (Phi) is 3.19. The SMILES string of the molecule is Br.O=C(O)c1ccc2ccccc2n1. The highest BCUT2D eigenvalue weighted by molar-refractivity contribution is 8.93. The molecule has 0 amide bonds. The quantitative estimate of drug-likeness (QED) is 0.850. The Morgan fingerprint density at radius 3 is 2.57 bits per heavy atom. The Hall–Kier alpha value is -1.42. The Balaban J connectivity index is 0.000000980. The second kappa shape index (κ2) is 4.19. The van der Waals surface area contributed by atoms with Gasteiger partial charge < -0.3 is 5.11 Å². The molecule has 0 radical (unpaired) electrons. The van der Waals surface area contributed by atoms with Gasteiger partial charge in [0.15, 0.2) is 0 Å². The van der Waals surface area contributed by atoms with Crippen LogP contribution < -0.4 is 0 Å². The van der Waals surface area contributed by atoms with Crippen LogP contribution in [0.2, 0.25) is 0 Å². The van der Waals surface area contributed by atoms with Crippen LogP contribution in [0.4, 0.5) is 0 Å². The summed E-state index contributed by atoms with van der Waals surface area (Å²) in [7, 11) is 0. The number of carbonyl (C=O) groups is 1. The molecular formula is C10H8BrNO2. The third-order valence-electron chi connectivity index (χ3n) is 1.82. The number of hydrogen-bond donors (Lipinski definition) is 1. The van der Waals surface area contributed by atoms with Crippen molar-refractivity contribution in [2.75, 3.05) is 0 Å². The average molecular weight is 254 g/mol. The highest BCUT2D eigenvalue weighted by Crippen LogP contribution is 2.11. The van der Waals surface area contributed by atoms with Crippen molar-refractivity contribution in [1.29, 1.82) is 0 Å². The highest BCUT2D eigenvalue weighted by atomic mass is 79.9. The Bertz CT molecular complexity index is 470. The molecule has 4 heteroatoms. The van der Waals surface area contributed by atoms with Gasteiger partial charge in [-0.1, -0.05) is 24.3 Å². The lowest BCUT2D eigenvalue weighted by Crippen LogP contribution is -1.99. The van der Waals surface area contributed by atoms with Crippen LogP contribution in [0.1, 0.15) is 10.5 Å². The minimum Gasteiger partial charge on any atom is -0.477 e. The Morgan fingerprint density at radius 1 is 1.14 bits per heavy atom. The molecule has 0 bridgehead atoms. The molecule has 0 aliphatic rings. The summed E-state index contributed by atoms with van der Waals surface area (Å²) in [6.45, 7) is 0. The third kappa shape index (κ3) is 1.90. The van der Waals surface area contributed by atoms with E-state index in [4.69, 9.17) is 5.11 Å². The molecule has 2 aromatic rings. The van der Waals surface area contributed by atoms with Gasteiger partial charge in [-0.2, -0.15) is 0 Å². The largest absolute Gasteiger partial charge is 0.477 e. The van der Waals surface area contributed by atoms with Gasteiger partial charge in [-0.05, 0) is 12.1 Å². The summed E-state index contributed by atoms with van der Waals surface area (Å²) in [5.41, 5.74) is 0.793. The molecule has 2 rings (SSSR count). The first-order valence-corrected chi connectivity index (χ1v) is 3.86. The first kappa shape index (κ1) is 10.7. The molecule has 0 spiro atoms. The van der Waals surface area contributed by atoms with Gasteiger partial charge in [-0.15, -0.1) is 17.0 Å². The molecule has 14 heavy (non-hydrogen) atoms. The van der Waals surface area contributed by atoms with E-state index in [1.54, 1.807) is 12.1 Å².